The number of imidazole rings is 1. The fraction of sp³-hybridized carbons (Fsp3) is 0.261. The highest BCUT2D eigenvalue weighted by Gasteiger charge is 2.16. The molecule has 0 aliphatic heterocycles. The second-order valence-corrected chi connectivity index (χ2v) is 7.51. The van der Waals surface area contributed by atoms with Gasteiger partial charge < -0.3 is 4.98 Å². The molecule has 0 bridgehead atoms. The van der Waals surface area contributed by atoms with Crippen LogP contribution in [0.2, 0.25) is 0 Å². The summed E-state index contributed by atoms with van der Waals surface area (Å²) < 4.78 is 0. The van der Waals surface area contributed by atoms with E-state index in [1.54, 1.807) is 0 Å². The van der Waals surface area contributed by atoms with Gasteiger partial charge in [0.15, 0.2) is 5.65 Å². The summed E-state index contributed by atoms with van der Waals surface area (Å²) >= 11 is 0. The van der Waals surface area contributed by atoms with Gasteiger partial charge in [-0.25, -0.2) is 9.78 Å². The molecule has 1 aliphatic rings. The van der Waals surface area contributed by atoms with E-state index >= 15 is 0 Å². The SMILES string of the molecule is O=c1[nH]c2cc3cc(C(=NC4CCCCC4)c4ccccc4)ccc3nc2[nH]1. The highest BCUT2D eigenvalue weighted by molar-refractivity contribution is 6.14. The van der Waals surface area contributed by atoms with Crippen molar-refractivity contribution in [3.63, 3.8) is 0 Å². The van der Waals surface area contributed by atoms with Crippen molar-refractivity contribution in [3.05, 3.63) is 76.2 Å². The fourth-order valence-corrected chi connectivity index (χ4v) is 4.08. The number of nitrogens with zero attached hydrogens (tertiary/aromatic N) is 2. The van der Waals surface area contributed by atoms with Gasteiger partial charge in [-0.1, -0.05) is 55.7 Å². The van der Waals surface area contributed by atoms with Crippen LogP contribution < -0.4 is 5.69 Å². The molecule has 1 saturated carbocycles. The molecule has 28 heavy (non-hydrogen) atoms. The third kappa shape index (κ3) is 3.24. The van der Waals surface area contributed by atoms with Crippen molar-refractivity contribution >= 4 is 27.8 Å². The minimum atomic E-state index is -0.234. The standard InChI is InChI=1S/C23H22N4O/c28-23-26-20-14-17-13-16(11-12-19(17)25-22(20)27-23)21(15-7-3-1-4-8-15)24-18-9-5-2-6-10-18/h1,3-4,7-8,11-14,18H,2,5-6,9-10H2,(H2,25,26,27,28). The Morgan fingerprint density at radius 2 is 1.75 bits per heavy atom. The van der Waals surface area contributed by atoms with E-state index in [0.717, 1.165) is 46.1 Å². The maximum Gasteiger partial charge on any atom is 0.325 e. The van der Waals surface area contributed by atoms with Gasteiger partial charge in [0.1, 0.15) is 0 Å². The van der Waals surface area contributed by atoms with Gasteiger partial charge in [-0.3, -0.25) is 9.98 Å². The summed E-state index contributed by atoms with van der Waals surface area (Å²) in [5, 5.41) is 0.993. The van der Waals surface area contributed by atoms with Crippen LogP contribution in [0, 0.1) is 0 Å². The number of rotatable bonds is 3. The predicted molar refractivity (Wildman–Crippen MR) is 113 cm³/mol. The number of aliphatic imine (C=N–C) groups is 1. The summed E-state index contributed by atoms with van der Waals surface area (Å²) in [6.07, 6.45) is 6.17. The molecule has 2 N–H and O–H groups in total. The molecule has 1 aliphatic carbocycles. The third-order valence-electron chi connectivity index (χ3n) is 5.50. The number of aromatic amines is 2. The number of hydrogen-bond donors (Lipinski definition) is 2. The number of pyridine rings is 1. The molecular weight excluding hydrogens is 348 g/mol. The number of benzene rings is 2. The van der Waals surface area contributed by atoms with Crippen LogP contribution in [0.4, 0.5) is 0 Å². The minimum Gasteiger partial charge on any atom is -0.304 e. The van der Waals surface area contributed by atoms with Crippen LogP contribution in [-0.2, 0) is 0 Å². The van der Waals surface area contributed by atoms with Crippen LogP contribution in [0.3, 0.4) is 0 Å². The summed E-state index contributed by atoms with van der Waals surface area (Å²) in [5.41, 5.74) is 5.19. The number of fused-ring (bicyclic) bond motifs is 2. The zero-order valence-electron chi connectivity index (χ0n) is 15.6. The summed E-state index contributed by atoms with van der Waals surface area (Å²) in [4.78, 5) is 26.8. The Balaban J connectivity index is 1.64. The first-order chi connectivity index (χ1) is 13.8. The lowest BCUT2D eigenvalue weighted by Gasteiger charge is -2.20. The minimum absolute atomic E-state index is 0.234. The maximum atomic E-state index is 11.6. The number of nitrogens with one attached hydrogen (secondary N) is 2. The van der Waals surface area contributed by atoms with Crippen LogP contribution in [0.15, 0.2) is 64.4 Å². The van der Waals surface area contributed by atoms with E-state index in [1.165, 1.54) is 19.3 Å². The number of hydrogen-bond acceptors (Lipinski definition) is 3. The average molecular weight is 370 g/mol. The Morgan fingerprint density at radius 3 is 2.57 bits per heavy atom. The van der Waals surface area contributed by atoms with Gasteiger partial charge in [0.25, 0.3) is 0 Å². The van der Waals surface area contributed by atoms with Gasteiger partial charge in [-0.05, 0) is 31.0 Å². The van der Waals surface area contributed by atoms with Gasteiger partial charge in [0.2, 0.25) is 0 Å². The van der Waals surface area contributed by atoms with Gasteiger partial charge >= 0.3 is 5.69 Å². The second kappa shape index (κ2) is 7.08. The van der Waals surface area contributed by atoms with E-state index in [4.69, 9.17) is 4.99 Å². The normalized spacial score (nSPS) is 16.1. The van der Waals surface area contributed by atoms with Crippen LogP contribution >= 0.6 is 0 Å². The highest BCUT2D eigenvalue weighted by atomic mass is 16.1. The Hall–Kier alpha value is -3.21. The zero-order chi connectivity index (χ0) is 18.9. The van der Waals surface area contributed by atoms with Crippen LogP contribution in [-0.4, -0.2) is 26.7 Å². The average Bonchev–Trinajstić information content (AvgIpc) is 3.10. The first kappa shape index (κ1) is 16.9. The van der Waals surface area contributed by atoms with Crippen molar-refractivity contribution in [3.8, 4) is 0 Å². The lowest BCUT2D eigenvalue weighted by atomic mass is 9.94. The molecule has 1 fully saturated rings. The van der Waals surface area contributed by atoms with Crippen molar-refractivity contribution in [2.24, 2.45) is 4.99 Å². The van der Waals surface area contributed by atoms with Crippen molar-refractivity contribution in [2.45, 2.75) is 38.1 Å². The molecule has 5 rings (SSSR count). The zero-order valence-corrected chi connectivity index (χ0v) is 15.6. The van der Waals surface area contributed by atoms with Crippen LogP contribution in [0.1, 0.15) is 43.2 Å². The van der Waals surface area contributed by atoms with Crippen LogP contribution in [0.25, 0.3) is 22.1 Å². The first-order valence-corrected chi connectivity index (χ1v) is 9.93. The Morgan fingerprint density at radius 1 is 0.929 bits per heavy atom. The number of H-pyrrole nitrogens is 2. The van der Waals surface area contributed by atoms with E-state index < -0.39 is 0 Å². The molecule has 0 atom stereocenters. The summed E-state index contributed by atoms with van der Waals surface area (Å²) in [7, 11) is 0. The molecular formula is C23H22N4O. The molecule has 0 spiro atoms. The molecule has 140 valence electrons. The monoisotopic (exact) mass is 370 g/mol. The molecule has 2 aromatic heterocycles. The van der Waals surface area contributed by atoms with E-state index in [2.05, 4.69) is 51.4 Å². The van der Waals surface area contributed by atoms with Crippen molar-refractivity contribution in [1.29, 1.82) is 0 Å². The van der Waals surface area contributed by atoms with Crippen molar-refractivity contribution in [1.82, 2.24) is 15.0 Å². The van der Waals surface area contributed by atoms with Crippen molar-refractivity contribution < 1.29 is 0 Å². The largest absolute Gasteiger partial charge is 0.325 e. The molecule has 2 aromatic carbocycles. The summed E-state index contributed by atoms with van der Waals surface area (Å²) in [5.74, 6) is 0. The van der Waals surface area contributed by atoms with Crippen molar-refractivity contribution in [2.75, 3.05) is 0 Å². The van der Waals surface area contributed by atoms with Crippen LogP contribution in [0.5, 0.6) is 0 Å². The molecule has 5 nitrogen and oxygen atoms in total. The molecule has 0 saturated heterocycles. The van der Waals surface area contributed by atoms with Gasteiger partial charge in [-0.15, -0.1) is 0 Å². The molecule has 0 unspecified atom stereocenters. The first-order valence-electron chi connectivity index (χ1n) is 9.93. The maximum absolute atomic E-state index is 11.6. The summed E-state index contributed by atoms with van der Waals surface area (Å²) in [6.45, 7) is 0. The third-order valence-corrected chi connectivity index (χ3v) is 5.50. The van der Waals surface area contributed by atoms with E-state index in [0.29, 0.717) is 11.7 Å². The number of aromatic nitrogens is 3. The molecule has 0 radical (unpaired) electrons. The van der Waals surface area contributed by atoms with E-state index in [1.807, 2.05) is 18.2 Å². The van der Waals surface area contributed by atoms with Gasteiger partial charge in [0.05, 0.1) is 22.8 Å². The highest BCUT2D eigenvalue weighted by Crippen LogP contribution is 2.24. The fourth-order valence-electron chi connectivity index (χ4n) is 4.08. The summed E-state index contributed by atoms with van der Waals surface area (Å²) in [6, 6.07) is 19.0. The quantitative estimate of drug-likeness (QED) is 0.518. The lowest BCUT2D eigenvalue weighted by molar-refractivity contribution is 0.443. The second-order valence-electron chi connectivity index (χ2n) is 7.51. The molecule has 2 heterocycles. The Labute approximate surface area is 162 Å². The molecule has 0 amide bonds. The Kier molecular flexibility index (Phi) is 4.28. The predicted octanol–water partition coefficient (Wildman–Crippen LogP) is 4.57. The Bertz CT molecular complexity index is 1210. The lowest BCUT2D eigenvalue weighted by Crippen LogP contribution is -2.14. The molecule has 4 aromatic rings. The molecule has 5 heteroatoms. The van der Waals surface area contributed by atoms with E-state index in [9.17, 15) is 4.79 Å². The topological polar surface area (TPSA) is 73.9 Å². The smallest absolute Gasteiger partial charge is 0.304 e. The van der Waals surface area contributed by atoms with E-state index in [-0.39, 0.29) is 5.69 Å². The van der Waals surface area contributed by atoms with Gasteiger partial charge in [0, 0.05) is 16.5 Å². The van der Waals surface area contributed by atoms with Gasteiger partial charge in [-0.2, -0.15) is 0 Å².